The van der Waals surface area contributed by atoms with Crippen molar-refractivity contribution >= 4 is 0 Å². The lowest BCUT2D eigenvalue weighted by molar-refractivity contribution is -0.00000471. The van der Waals surface area contributed by atoms with E-state index >= 15 is 0 Å². The van der Waals surface area contributed by atoms with Gasteiger partial charge in [-0.05, 0) is 44.5 Å². The van der Waals surface area contributed by atoms with Crippen LogP contribution in [-0.2, 0) is 0 Å². The minimum absolute atomic E-state index is 0. The van der Waals surface area contributed by atoms with Gasteiger partial charge in [0.05, 0.1) is 0 Å². The molecule has 1 aromatic rings. The molecule has 0 spiro atoms. The van der Waals surface area contributed by atoms with Crippen LogP contribution >= 0.6 is 0 Å². The van der Waals surface area contributed by atoms with E-state index in [2.05, 4.69) is 44.7 Å². The number of nitrogens with zero attached hydrogens (tertiary/aromatic N) is 1. The van der Waals surface area contributed by atoms with Crippen molar-refractivity contribution in [1.29, 1.82) is 0 Å². The molecule has 0 amide bonds. The van der Waals surface area contributed by atoms with Gasteiger partial charge in [-0.1, -0.05) is 33.4 Å². The fourth-order valence-corrected chi connectivity index (χ4v) is 1.93. The Morgan fingerprint density at radius 2 is 1.95 bits per heavy atom. The molecule has 3 heteroatoms. The van der Waals surface area contributed by atoms with Crippen LogP contribution in [0.2, 0.25) is 0 Å². The van der Waals surface area contributed by atoms with E-state index in [0.717, 1.165) is 25.4 Å². The molecule has 1 rings (SSSR count). The average Bonchev–Trinajstić information content (AvgIpc) is 2.34. The molecule has 0 saturated carbocycles. The van der Waals surface area contributed by atoms with Crippen molar-refractivity contribution in [2.45, 2.75) is 47.6 Å². The number of rotatable bonds is 7. The molecule has 1 atom stereocenters. The van der Waals surface area contributed by atoms with Crippen molar-refractivity contribution in [1.82, 2.24) is 4.90 Å². The first-order valence-corrected chi connectivity index (χ1v) is 6.60. The molecule has 0 aliphatic rings. The van der Waals surface area contributed by atoms with Crippen LogP contribution in [0.5, 0.6) is 5.75 Å². The maximum Gasteiger partial charge on any atom is 0.119 e. The number of ether oxygens (including phenoxy) is 1. The second kappa shape index (κ2) is 11.5. The van der Waals surface area contributed by atoms with E-state index in [1.165, 1.54) is 12.0 Å². The molecular weight excluding hydrogens is 349 g/mol. The molecule has 0 bridgehead atoms. The second-order valence-corrected chi connectivity index (χ2v) is 4.55. The topological polar surface area (TPSA) is 12.5 Å². The quantitative estimate of drug-likeness (QED) is 0.660. The Labute approximate surface area is 136 Å². The van der Waals surface area contributed by atoms with Gasteiger partial charge < -0.3 is 28.7 Å². The summed E-state index contributed by atoms with van der Waals surface area (Å²) < 4.78 is 5.77. The van der Waals surface area contributed by atoms with E-state index in [1.807, 2.05) is 12.1 Å². The van der Waals surface area contributed by atoms with E-state index in [9.17, 15) is 0 Å². The van der Waals surface area contributed by atoms with Gasteiger partial charge in [-0.15, -0.1) is 0 Å². The molecule has 19 heavy (non-hydrogen) atoms. The highest BCUT2D eigenvalue weighted by Gasteiger charge is 2.09. The van der Waals surface area contributed by atoms with E-state index in [4.69, 9.17) is 4.74 Å². The van der Waals surface area contributed by atoms with Gasteiger partial charge >= 0.3 is 0 Å². The predicted octanol–water partition coefficient (Wildman–Crippen LogP) is 1.13. The molecule has 1 aromatic carbocycles. The standard InChI is InChI=1S/C15H25NO.CH4.HI/c1-5-14(4)16(6-2)10-11-17-15-9-7-8-13(3)12-15;;/h7-9,12,14H,5-6,10-11H2,1-4H3;1H4;1H/p-1. The fourth-order valence-electron chi connectivity index (χ4n) is 1.93. The zero-order chi connectivity index (χ0) is 12.7. The smallest absolute Gasteiger partial charge is 0.119 e. The SMILES string of the molecule is C.CCC(C)N(CC)CCOc1cccc(C)c1.[I-]. The number of hydrogen-bond acceptors (Lipinski definition) is 2. The first-order valence-electron chi connectivity index (χ1n) is 6.60. The van der Waals surface area contributed by atoms with Crippen LogP contribution in [0.15, 0.2) is 24.3 Å². The van der Waals surface area contributed by atoms with Gasteiger partial charge in [0.2, 0.25) is 0 Å². The molecule has 0 fully saturated rings. The Hall–Kier alpha value is -0.290. The summed E-state index contributed by atoms with van der Waals surface area (Å²) >= 11 is 0. The summed E-state index contributed by atoms with van der Waals surface area (Å²) in [6, 6.07) is 8.87. The second-order valence-electron chi connectivity index (χ2n) is 4.55. The van der Waals surface area contributed by atoms with Gasteiger partial charge in [0, 0.05) is 12.6 Å². The van der Waals surface area contributed by atoms with Crippen LogP contribution in [0, 0.1) is 6.92 Å². The van der Waals surface area contributed by atoms with Gasteiger partial charge in [-0.3, -0.25) is 4.90 Å². The van der Waals surface area contributed by atoms with Crippen molar-refractivity contribution in [3.63, 3.8) is 0 Å². The van der Waals surface area contributed by atoms with Crippen molar-refractivity contribution < 1.29 is 28.7 Å². The third kappa shape index (κ3) is 7.78. The van der Waals surface area contributed by atoms with Crippen molar-refractivity contribution in [3.8, 4) is 5.75 Å². The lowest BCUT2D eigenvalue weighted by atomic mass is 10.2. The first-order chi connectivity index (χ1) is 8.17. The molecule has 0 aromatic heterocycles. The lowest BCUT2D eigenvalue weighted by Gasteiger charge is -2.26. The largest absolute Gasteiger partial charge is 1.00 e. The number of aryl methyl sites for hydroxylation is 1. The van der Waals surface area contributed by atoms with Crippen molar-refractivity contribution in [2.24, 2.45) is 0 Å². The molecule has 0 saturated heterocycles. The highest BCUT2D eigenvalue weighted by molar-refractivity contribution is 5.27. The highest BCUT2D eigenvalue weighted by Crippen LogP contribution is 2.12. The molecule has 112 valence electrons. The van der Waals surface area contributed by atoms with Gasteiger partial charge in [-0.2, -0.15) is 0 Å². The Morgan fingerprint density at radius 3 is 2.47 bits per heavy atom. The Bertz CT molecular complexity index is 330. The maximum absolute atomic E-state index is 5.77. The maximum atomic E-state index is 5.77. The summed E-state index contributed by atoms with van der Waals surface area (Å²) in [5, 5.41) is 0. The van der Waals surface area contributed by atoms with Gasteiger partial charge in [-0.25, -0.2) is 0 Å². The van der Waals surface area contributed by atoms with Crippen LogP contribution in [0.4, 0.5) is 0 Å². The average molecular weight is 378 g/mol. The molecule has 0 N–H and O–H groups in total. The zero-order valence-electron chi connectivity index (χ0n) is 11.9. The van der Waals surface area contributed by atoms with Crippen LogP contribution in [0.25, 0.3) is 0 Å². The van der Waals surface area contributed by atoms with Crippen LogP contribution in [-0.4, -0.2) is 30.6 Å². The molecule has 0 aliphatic heterocycles. The van der Waals surface area contributed by atoms with E-state index in [0.29, 0.717) is 6.04 Å². The Morgan fingerprint density at radius 1 is 1.26 bits per heavy atom. The third-order valence-electron chi connectivity index (χ3n) is 3.26. The van der Waals surface area contributed by atoms with Crippen LogP contribution in [0.3, 0.4) is 0 Å². The van der Waals surface area contributed by atoms with Gasteiger partial charge in [0.15, 0.2) is 0 Å². The van der Waals surface area contributed by atoms with Crippen LogP contribution < -0.4 is 28.7 Å². The lowest BCUT2D eigenvalue weighted by Crippen LogP contribution is -3.00. The van der Waals surface area contributed by atoms with E-state index in [1.54, 1.807) is 0 Å². The minimum atomic E-state index is 0. The molecule has 0 heterocycles. The number of hydrogen-bond donors (Lipinski definition) is 0. The summed E-state index contributed by atoms with van der Waals surface area (Å²) in [5.74, 6) is 0.977. The molecule has 2 nitrogen and oxygen atoms in total. The van der Waals surface area contributed by atoms with Gasteiger partial charge in [0.25, 0.3) is 0 Å². The first kappa shape index (κ1) is 21.0. The number of halogens is 1. The highest BCUT2D eigenvalue weighted by atomic mass is 127. The van der Waals surface area contributed by atoms with Crippen molar-refractivity contribution in [2.75, 3.05) is 19.7 Å². The molecule has 0 radical (unpaired) electrons. The van der Waals surface area contributed by atoms with Gasteiger partial charge in [0.1, 0.15) is 12.4 Å². The monoisotopic (exact) mass is 378 g/mol. The third-order valence-corrected chi connectivity index (χ3v) is 3.26. The molecular formula is C16H29INO-. The fraction of sp³-hybridized carbons (Fsp3) is 0.625. The Kier molecular flexibility index (Phi) is 12.8. The summed E-state index contributed by atoms with van der Waals surface area (Å²) in [4.78, 5) is 2.45. The summed E-state index contributed by atoms with van der Waals surface area (Å²) in [7, 11) is 0. The summed E-state index contributed by atoms with van der Waals surface area (Å²) in [5.41, 5.74) is 1.25. The predicted molar refractivity (Wildman–Crippen MR) is 80.4 cm³/mol. The van der Waals surface area contributed by atoms with E-state index in [-0.39, 0.29) is 31.4 Å². The minimum Gasteiger partial charge on any atom is -1.00 e. The molecule has 1 unspecified atom stereocenters. The summed E-state index contributed by atoms with van der Waals surface area (Å²) in [6.45, 7) is 11.7. The van der Waals surface area contributed by atoms with Crippen molar-refractivity contribution in [3.05, 3.63) is 29.8 Å². The molecule has 0 aliphatic carbocycles. The van der Waals surface area contributed by atoms with Crippen LogP contribution in [0.1, 0.15) is 40.2 Å². The van der Waals surface area contributed by atoms with E-state index < -0.39 is 0 Å². The zero-order valence-corrected chi connectivity index (χ0v) is 14.1. The summed E-state index contributed by atoms with van der Waals surface area (Å²) in [6.07, 6.45) is 1.19. The number of likely N-dealkylation sites (N-methyl/N-ethyl adjacent to an activating group) is 1. The normalized spacial score (nSPS) is 11.4. The Balaban J connectivity index is 0. The number of benzene rings is 1.